The van der Waals surface area contributed by atoms with Gasteiger partial charge in [0, 0.05) is 5.56 Å². The molecule has 0 atom stereocenters. The molecular formula is C15H12FNO3. The van der Waals surface area contributed by atoms with Gasteiger partial charge in [0.25, 0.3) is 5.91 Å². The van der Waals surface area contributed by atoms with Crippen molar-refractivity contribution < 1.29 is 18.7 Å². The second-order valence-corrected chi connectivity index (χ2v) is 4.02. The van der Waals surface area contributed by atoms with E-state index >= 15 is 0 Å². The number of halogens is 1. The summed E-state index contributed by atoms with van der Waals surface area (Å²) in [6.07, 6.45) is 0. The summed E-state index contributed by atoms with van der Waals surface area (Å²) in [5.41, 5.74) is 0.460. The number of hydrogen-bond donors (Lipinski definition) is 2. The molecule has 1 aromatic heterocycles. The number of furan rings is 1. The van der Waals surface area contributed by atoms with E-state index in [1.165, 1.54) is 18.2 Å². The fraction of sp³-hybridized carbons (Fsp3) is 0.133. The van der Waals surface area contributed by atoms with Gasteiger partial charge in [-0.2, -0.15) is 0 Å². The highest BCUT2D eigenvalue weighted by molar-refractivity contribution is 6.02. The molecule has 102 valence electrons. The summed E-state index contributed by atoms with van der Waals surface area (Å²) in [5, 5.41) is 11.0. The van der Waals surface area contributed by atoms with E-state index in [1.807, 2.05) is 0 Å². The molecule has 0 aliphatic heterocycles. The van der Waals surface area contributed by atoms with Gasteiger partial charge < -0.3 is 14.8 Å². The lowest BCUT2D eigenvalue weighted by Crippen LogP contribution is -2.12. The molecule has 0 aliphatic carbocycles. The quantitative estimate of drug-likeness (QED) is 0.825. The average Bonchev–Trinajstić information content (AvgIpc) is 2.86. The predicted octanol–water partition coefficient (Wildman–Crippen LogP) is 2.32. The highest BCUT2D eigenvalue weighted by atomic mass is 19.1. The zero-order valence-electron chi connectivity index (χ0n) is 10.7. The Morgan fingerprint density at radius 1 is 1.40 bits per heavy atom. The first-order valence-electron chi connectivity index (χ1n) is 5.87. The summed E-state index contributed by atoms with van der Waals surface area (Å²) in [6.45, 7) is 1.42. The van der Waals surface area contributed by atoms with E-state index in [1.54, 1.807) is 19.1 Å². The summed E-state index contributed by atoms with van der Waals surface area (Å²) in [4.78, 5) is 11.8. The second kappa shape index (κ2) is 6.04. The van der Waals surface area contributed by atoms with Crippen LogP contribution in [-0.4, -0.2) is 17.6 Å². The van der Waals surface area contributed by atoms with Crippen molar-refractivity contribution in [3.8, 4) is 11.8 Å². The number of carbonyl (C=O) groups is 1. The van der Waals surface area contributed by atoms with Crippen LogP contribution in [-0.2, 0) is 0 Å². The van der Waals surface area contributed by atoms with Gasteiger partial charge >= 0.3 is 0 Å². The summed E-state index contributed by atoms with van der Waals surface area (Å²) < 4.78 is 18.9. The van der Waals surface area contributed by atoms with Crippen LogP contribution < -0.4 is 5.32 Å². The van der Waals surface area contributed by atoms with Crippen LogP contribution in [0.1, 0.15) is 21.9 Å². The lowest BCUT2D eigenvalue weighted by Gasteiger charge is -2.05. The minimum atomic E-state index is -0.605. The molecule has 5 heteroatoms. The normalized spacial score (nSPS) is 9.75. The molecule has 0 unspecified atom stereocenters. The zero-order chi connectivity index (χ0) is 14.5. The molecule has 0 radical (unpaired) electrons. The van der Waals surface area contributed by atoms with Crippen LogP contribution in [0.25, 0.3) is 0 Å². The molecule has 0 fully saturated rings. The van der Waals surface area contributed by atoms with Gasteiger partial charge in [-0.1, -0.05) is 11.8 Å². The molecule has 20 heavy (non-hydrogen) atoms. The van der Waals surface area contributed by atoms with Crippen LogP contribution in [0.5, 0.6) is 0 Å². The maximum atomic E-state index is 13.8. The number of aryl methyl sites for hydroxylation is 1. The van der Waals surface area contributed by atoms with Gasteiger partial charge in [0.05, 0.1) is 5.69 Å². The fourth-order valence-corrected chi connectivity index (χ4v) is 1.58. The lowest BCUT2D eigenvalue weighted by atomic mass is 10.2. The van der Waals surface area contributed by atoms with Gasteiger partial charge in [-0.25, -0.2) is 4.39 Å². The Hall–Kier alpha value is -2.58. The SMILES string of the molecule is Cc1ccc(C(=O)Nc2ccc(C#CCO)cc2F)o1. The fourth-order valence-electron chi connectivity index (χ4n) is 1.58. The number of nitrogens with one attached hydrogen (secondary N) is 1. The molecule has 0 saturated heterocycles. The molecule has 2 rings (SSSR count). The van der Waals surface area contributed by atoms with Crippen LogP contribution >= 0.6 is 0 Å². The molecule has 2 aromatic rings. The summed E-state index contributed by atoms with van der Waals surface area (Å²) in [6, 6.07) is 7.31. The van der Waals surface area contributed by atoms with E-state index in [0.717, 1.165) is 0 Å². The Labute approximate surface area is 115 Å². The Morgan fingerprint density at radius 3 is 2.80 bits per heavy atom. The van der Waals surface area contributed by atoms with E-state index in [-0.39, 0.29) is 18.1 Å². The molecule has 1 amide bonds. The van der Waals surface area contributed by atoms with Gasteiger partial charge in [-0.05, 0) is 37.3 Å². The van der Waals surface area contributed by atoms with Crippen molar-refractivity contribution in [1.29, 1.82) is 0 Å². The standard InChI is InChI=1S/C15H12FNO3/c1-10-4-7-14(20-10)15(19)17-13-6-5-11(3-2-8-18)9-12(13)16/h4-7,9,18H,8H2,1H3,(H,17,19). The first-order valence-corrected chi connectivity index (χ1v) is 5.87. The van der Waals surface area contributed by atoms with Gasteiger partial charge in [-0.3, -0.25) is 4.79 Å². The highest BCUT2D eigenvalue weighted by Crippen LogP contribution is 2.17. The minimum Gasteiger partial charge on any atom is -0.456 e. The Bertz CT molecular complexity index is 695. The third-order valence-corrected chi connectivity index (χ3v) is 2.49. The van der Waals surface area contributed by atoms with Crippen molar-refractivity contribution in [3.63, 3.8) is 0 Å². The first kappa shape index (κ1) is 13.8. The molecule has 1 aromatic carbocycles. The van der Waals surface area contributed by atoms with E-state index < -0.39 is 11.7 Å². The van der Waals surface area contributed by atoms with Crippen molar-refractivity contribution in [2.75, 3.05) is 11.9 Å². The number of hydrogen-bond acceptors (Lipinski definition) is 3. The van der Waals surface area contributed by atoms with Crippen molar-refractivity contribution in [3.05, 3.63) is 53.2 Å². The van der Waals surface area contributed by atoms with Crippen molar-refractivity contribution in [2.24, 2.45) is 0 Å². The Balaban J connectivity index is 2.16. The zero-order valence-corrected chi connectivity index (χ0v) is 10.7. The summed E-state index contributed by atoms with van der Waals surface area (Å²) >= 11 is 0. The van der Waals surface area contributed by atoms with E-state index in [9.17, 15) is 9.18 Å². The number of anilines is 1. The smallest absolute Gasteiger partial charge is 0.291 e. The van der Waals surface area contributed by atoms with E-state index in [4.69, 9.17) is 9.52 Å². The molecule has 1 heterocycles. The molecule has 0 bridgehead atoms. The number of aliphatic hydroxyl groups is 1. The second-order valence-electron chi connectivity index (χ2n) is 4.02. The van der Waals surface area contributed by atoms with Crippen LogP contribution in [0.15, 0.2) is 34.7 Å². The molecular weight excluding hydrogens is 261 g/mol. The van der Waals surface area contributed by atoms with Gasteiger partial charge in [0.2, 0.25) is 0 Å². The van der Waals surface area contributed by atoms with Crippen molar-refractivity contribution >= 4 is 11.6 Å². The predicted molar refractivity (Wildman–Crippen MR) is 71.8 cm³/mol. The lowest BCUT2D eigenvalue weighted by molar-refractivity contribution is 0.0995. The van der Waals surface area contributed by atoms with E-state index in [0.29, 0.717) is 11.3 Å². The minimum absolute atomic E-state index is 0.0404. The molecule has 0 saturated carbocycles. The summed E-state index contributed by atoms with van der Waals surface area (Å²) in [5.74, 6) is 4.59. The number of carbonyl (C=O) groups excluding carboxylic acids is 1. The van der Waals surface area contributed by atoms with Gasteiger partial charge in [0.15, 0.2) is 5.76 Å². The number of benzene rings is 1. The third kappa shape index (κ3) is 3.25. The first-order chi connectivity index (χ1) is 9.60. The molecule has 0 aliphatic rings. The third-order valence-electron chi connectivity index (χ3n) is 2.49. The van der Waals surface area contributed by atoms with Crippen LogP contribution in [0.3, 0.4) is 0 Å². The maximum Gasteiger partial charge on any atom is 0.291 e. The number of amides is 1. The van der Waals surface area contributed by atoms with Crippen molar-refractivity contribution in [2.45, 2.75) is 6.92 Å². The van der Waals surface area contributed by atoms with E-state index in [2.05, 4.69) is 17.2 Å². The van der Waals surface area contributed by atoms with Crippen LogP contribution in [0, 0.1) is 24.6 Å². The van der Waals surface area contributed by atoms with Gasteiger partial charge in [-0.15, -0.1) is 0 Å². The van der Waals surface area contributed by atoms with Crippen LogP contribution in [0.4, 0.5) is 10.1 Å². The Kier molecular flexibility index (Phi) is 4.18. The molecule has 4 nitrogen and oxygen atoms in total. The summed E-state index contributed by atoms with van der Waals surface area (Å²) in [7, 11) is 0. The highest BCUT2D eigenvalue weighted by Gasteiger charge is 2.12. The molecule has 0 spiro atoms. The largest absolute Gasteiger partial charge is 0.456 e. The topological polar surface area (TPSA) is 62.5 Å². The molecule has 2 N–H and O–H groups in total. The average molecular weight is 273 g/mol. The Morgan fingerprint density at radius 2 is 2.20 bits per heavy atom. The van der Waals surface area contributed by atoms with Crippen LogP contribution in [0.2, 0.25) is 0 Å². The monoisotopic (exact) mass is 273 g/mol. The number of aliphatic hydroxyl groups excluding tert-OH is 1. The number of rotatable bonds is 2. The maximum absolute atomic E-state index is 13.8. The van der Waals surface area contributed by atoms with Gasteiger partial charge in [0.1, 0.15) is 18.2 Å². The van der Waals surface area contributed by atoms with Crippen molar-refractivity contribution in [1.82, 2.24) is 0 Å².